The van der Waals surface area contributed by atoms with Gasteiger partial charge in [-0.15, -0.1) is 0 Å². The van der Waals surface area contributed by atoms with E-state index in [0.29, 0.717) is 31.5 Å². The predicted molar refractivity (Wildman–Crippen MR) is 97.1 cm³/mol. The van der Waals surface area contributed by atoms with E-state index in [9.17, 15) is 18.8 Å². The molecule has 2 amide bonds. The van der Waals surface area contributed by atoms with E-state index in [-0.39, 0.29) is 29.0 Å². The Morgan fingerprint density at radius 2 is 1.67 bits per heavy atom. The average molecular weight is 370 g/mol. The molecule has 7 heteroatoms. The number of halogens is 1. The molecule has 2 aromatic rings. The summed E-state index contributed by atoms with van der Waals surface area (Å²) in [6, 6.07) is 12.3. The van der Waals surface area contributed by atoms with E-state index in [1.807, 2.05) is 6.07 Å². The highest BCUT2D eigenvalue weighted by molar-refractivity contribution is 5.96. The maximum atomic E-state index is 14.0. The van der Waals surface area contributed by atoms with Crippen molar-refractivity contribution >= 4 is 23.5 Å². The van der Waals surface area contributed by atoms with Crippen LogP contribution >= 0.6 is 0 Å². The van der Waals surface area contributed by atoms with Crippen LogP contribution in [0, 0.1) is 11.7 Å². The lowest BCUT2D eigenvalue weighted by Gasteiger charge is -2.31. The molecule has 1 saturated heterocycles. The zero-order chi connectivity index (χ0) is 19.4. The Bertz CT molecular complexity index is 862. The van der Waals surface area contributed by atoms with Crippen molar-refractivity contribution in [2.24, 2.45) is 5.92 Å². The number of likely N-dealkylation sites (tertiary alicyclic amines) is 1. The van der Waals surface area contributed by atoms with Gasteiger partial charge in [0.15, 0.2) is 0 Å². The SMILES string of the molecule is O=C(O)c1ccc(NC(=O)C2CCN(C(=O)c3ccccc3)CC2)c(F)c1. The summed E-state index contributed by atoms with van der Waals surface area (Å²) in [7, 11) is 0. The van der Waals surface area contributed by atoms with Gasteiger partial charge < -0.3 is 15.3 Å². The number of hydrogen-bond donors (Lipinski definition) is 2. The van der Waals surface area contributed by atoms with E-state index >= 15 is 0 Å². The first-order valence-corrected chi connectivity index (χ1v) is 8.63. The number of carbonyl (C=O) groups excluding carboxylic acids is 2. The summed E-state index contributed by atoms with van der Waals surface area (Å²) in [6.07, 6.45) is 0.971. The number of amides is 2. The van der Waals surface area contributed by atoms with Gasteiger partial charge in [0, 0.05) is 24.6 Å². The summed E-state index contributed by atoms with van der Waals surface area (Å²) in [5.41, 5.74) is 0.381. The third-order valence-electron chi connectivity index (χ3n) is 4.65. The standard InChI is InChI=1S/C20H19FN2O4/c21-16-12-15(20(26)27)6-7-17(16)22-18(24)13-8-10-23(11-9-13)19(25)14-4-2-1-3-5-14/h1-7,12-13H,8-11H2,(H,22,24)(H,26,27). The highest BCUT2D eigenvalue weighted by Gasteiger charge is 2.28. The third kappa shape index (κ3) is 4.31. The average Bonchev–Trinajstić information content (AvgIpc) is 2.69. The second kappa shape index (κ2) is 7.99. The molecule has 0 unspecified atom stereocenters. The third-order valence-corrected chi connectivity index (χ3v) is 4.65. The number of carboxylic acid groups (broad SMARTS) is 1. The Balaban J connectivity index is 1.57. The number of anilines is 1. The fourth-order valence-corrected chi connectivity index (χ4v) is 3.09. The topological polar surface area (TPSA) is 86.7 Å². The first kappa shape index (κ1) is 18.6. The number of aromatic carboxylic acids is 1. The Morgan fingerprint density at radius 1 is 1.00 bits per heavy atom. The molecule has 0 bridgehead atoms. The maximum Gasteiger partial charge on any atom is 0.335 e. The van der Waals surface area contributed by atoms with Gasteiger partial charge in [-0.2, -0.15) is 0 Å². The molecule has 140 valence electrons. The molecule has 2 aromatic carbocycles. The fraction of sp³-hybridized carbons (Fsp3) is 0.250. The molecule has 1 fully saturated rings. The van der Waals surface area contributed by atoms with Crippen molar-refractivity contribution < 1.29 is 23.9 Å². The number of nitrogens with one attached hydrogen (secondary N) is 1. The molecular formula is C20H19FN2O4. The van der Waals surface area contributed by atoms with Gasteiger partial charge in [-0.3, -0.25) is 9.59 Å². The largest absolute Gasteiger partial charge is 0.478 e. The van der Waals surface area contributed by atoms with Crippen molar-refractivity contribution in [2.45, 2.75) is 12.8 Å². The van der Waals surface area contributed by atoms with E-state index in [0.717, 1.165) is 6.07 Å². The highest BCUT2D eigenvalue weighted by atomic mass is 19.1. The van der Waals surface area contributed by atoms with Crippen LogP contribution in [-0.2, 0) is 4.79 Å². The van der Waals surface area contributed by atoms with Gasteiger partial charge in [0.25, 0.3) is 5.91 Å². The molecule has 0 radical (unpaired) electrons. The number of rotatable bonds is 4. The minimum atomic E-state index is -1.23. The maximum absolute atomic E-state index is 14.0. The van der Waals surface area contributed by atoms with Gasteiger partial charge in [0.2, 0.25) is 5.91 Å². The lowest BCUT2D eigenvalue weighted by atomic mass is 9.95. The van der Waals surface area contributed by atoms with Crippen molar-refractivity contribution in [3.8, 4) is 0 Å². The predicted octanol–water partition coefficient (Wildman–Crippen LogP) is 3.01. The minimum Gasteiger partial charge on any atom is -0.478 e. The van der Waals surface area contributed by atoms with Gasteiger partial charge in [0.05, 0.1) is 11.3 Å². The highest BCUT2D eigenvalue weighted by Crippen LogP contribution is 2.22. The lowest BCUT2D eigenvalue weighted by Crippen LogP contribution is -2.41. The zero-order valence-corrected chi connectivity index (χ0v) is 14.5. The van der Waals surface area contributed by atoms with E-state index in [1.165, 1.54) is 12.1 Å². The molecule has 1 aliphatic heterocycles. The minimum absolute atomic E-state index is 0.0483. The normalized spacial score (nSPS) is 14.6. The summed E-state index contributed by atoms with van der Waals surface area (Å²) in [6.45, 7) is 0.901. The molecule has 0 atom stereocenters. The zero-order valence-electron chi connectivity index (χ0n) is 14.5. The molecule has 27 heavy (non-hydrogen) atoms. The van der Waals surface area contributed by atoms with Crippen LogP contribution in [0.3, 0.4) is 0 Å². The van der Waals surface area contributed by atoms with Crippen molar-refractivity contribution in [2.75, 3.05) is 18.4 Å². The quantitative estimate of drug-likeness (QED) is 0.866. The van der Waals surface area contributed by atoms with Crippen LogP contribution in [0.2, 0.25) is 0 Å². The van der Waals surface area contributed by atoms with Crippen molar-refractivity contribution in [3.63, 3.8) is 0 Å². The molecule has 1 aliphatic rings. The van der Waals surface area contributed by atoms with Crippen LogP contribution in [-0.4, -0.2) is 40.9 Å². The number of piperidine rings is 1. The van der Waals surface area contributed by atoms with E-state index in [2.05, 4.69) is 5.32 Å². The summed E-state index contributed by atoms with van der Waals surface area (Å²) in [4.78, 5) is 37.4. The molecular weight excluding hydrogens is 351 g/mol. The molecule has 0 aliphatic carbocycles. The number of nitrogens with zero attached hydrogens (tertiary/aromatic N) is 1. The number of hydrogen-bond acceptors (Lipinski definition) is 3. The van der Waals surface area contributed by atoms with Gasteiger partial charge in [-0.05, 0) is 43.2 Å². The molecule has 6 nitrogen and oxygen atoms in total. The Kier molecular flexibility index (Phi) is 5.49. The number of carbonyl (C=O) groups is 3. The Labute approximate surface area is 155 Å². The van der Waals surface area contributed by atoms with E-state index in [4.69, 9.17) is 5.11 Å². The Morgan fingerprint density at radius 3 is 2.26 bits per heavy atom. The first-order valence-electron chi connectivity index (χ1n) is 8.63. The van der Waals surface area contributed by atoms with Gasteiger partial charge in [-0.25, -0.2) is 9.18 Å². The molecule has 0 spiro atoms. The van der Waals surface area contributed by atoms with Crippen molar-refractivity contribution in [1.82, 2.24) is 4.90 Å². The van der Waals surface area contributed by atoms with E-state index in [1.54, 1.807) is 29.2 Å². The summed E-state index contributed by atoms with van der Waals surface area (Å²) < 4.78 is 14.0. The van der Waals surface area contributed by atoms with Gasteiger partial charge >= 0.3 is 5.97 Å². The van der Waals surface area contributed by atoms with Crippen LogP contribution in [0.25, 0.3) is 0 Å². The second-order valence-electron chi connectivity index (χ2n) is 6.42. The van der Waals surface area contributed by atoms with Crippen molar-refractivity contribution in [1.29, 1.82) is 0 Å². The van der Waals surface area contributed by atoms with Crippen LogP contribution in [0.1, 0.15) is 33.6 Å². The van der Waals surface area contributed by atoms with Gasteiger partial charge in [-0.1, -0.05) is 18.2 Å². The lowest BCUT2D eigenvalue weighted by molar-refractivity contribution is -0.121. The monoisotopic (exact) mass is 370 g/mol. The van der Waals surface area contributed by atoms with Crippen LogP contribution in [0.5, 0.6) is 0 Å². The first-order chi connectivity index (χ1) is 13.0. The summed E-state index contributed by atoms with van der Waals surface area (Å²) >= 11 is 0. The number of benzene rings is 2. The van der Waals surface area contributed by atoms with Crippen LogP contribution in [0.15, 0.2) is 48.5 Å². The van der Waals surface area contributed by atoms with Crippen molar-refractivity contribution in [3.05, 3.63) is 65.5 Å². The molecule has 2 N–H and O–H groups in total. The molecule has 0 aromatic heterocycles. The second-order valence-corrected chi connectivity index (χ2v) is 6.42. The van der Waals surface area contributed by atoms with E-state index < -0.39 is 11.8 Å². The Hall–Kier alpha value is -3.22. The van der Waals surface area contributed by atoms with Crippen LogP contribution in [0.4, 0.5) is 10.1 Å². The summed E-state index contributed by atoms with van der Waals surface area (Å²) in [5.74, 6) is -2.75. The molecule has 3 rings (SSSR count). The fourth-order valence-electron chi connectivity index (χ4n) is 3.09. The van der Waals surface area contributed by atoms with Crippen LogP contribution < -0.4 is 5.32 Å². The number of carboxylic acids is 1. The molecule has 0 saturated carbocycles. The molecule has 1 heterocycles. The smallest absolute Gasteiger partial charge is 0.335 e. The summed E-state index contributed by atoms with van der Waals surface area (Å²) in [5, 5.41) is 11.4. The van der Waals surface area contributed by atoms with Gasteiger partial charge in [0.1, 0.15) is 5.82 Å².